The average molecular weight is 325 g/mol. The molecule has 0 spiro atoms. The maximum absolute atomic E-state index is 12.3. The minimum atomic E-state index is -0.172. The van der Waals surface area contributed by atoms with Crippen LogP contribution in [0.5, 0.6) is 0 Å². The van der Waals surface area contributed by atoms with Gasteiger partial charge in [0.05, 0.1) is 6.20 Å². The lowest BCUT2D eigenvalue weighted by atomic mass is 10.1. The van der Waals surface area contributed by atoms with Crippen molar-refractivity contribution >= 4 is 11.7 Å². The number of carbonyl (C=O) groups excluding carboxylic acids is 1. The largest absolute Gasteiger partial charge is 0.358 e. The first-order valence-electron chi connectivity index (χ1n) is 8.28. The zero-order valence-electron chi connectivity index (χ0n) is 13.9. The Morgan fingerprint density at radius 2 is 2.08 bits per heavy atom. The van der Waals surface area contributed by atoms with Crippen LogP contribution in [0.4, 0.5) is 5.82 Å². The molecule has 1 aliphatic rings. The Balaban J connectivity index is 1.67. The number of hydrogen-bond donors (Lipinski definition) is 1. The van der Waals surface area contributed by atoms with Gasteiger partial charge in [-0.05, 0) is 12.0 Å². The topological polar surface area (TPSA) is 61.4 Å². The summed E-state index contributed by atoms with van der Waals surface area (Å²) < 4.78 is 0. The second kappa shape index (κ2) is 7.88. The van der Waals surface area contributed by atoms with Crippen LogP contribution in [-0.4, -0.2) is 60.0 Å². The van der Waals surface area contributed by atoms with Crippen LogP contribution in [-0.2, 0) is 11.2 Å². The van der Waals surface area contributed by atoms with Crippen molar-refractivity contribution in [1.82, 2.24) is 20.2 Å². The molecule has 3 rings (SSSR count). The zero-order valence-corrected chi connectivity index (χ0v) is 13.9. The quantitative estimate of drug-likeness (QED) is 0.887. The monoisotopic (exact) mass is 325 g/mol. The number of nitrogens with one attached hydrogen (secondary N) is 1. The number of rotatable bonds is 5. The Kier molecular flexibility index (Phi) is 5.38. The lowest BCUT2D eigenvalue weighted by molar-refractivity contribution is -0.126. The summed E-state index contributed by atoms with van der Waals surface area (Å²) >= 11 is 0. The Bertz CT molecular complexity index is 649. The standard InChI is InChI=1S/C18H23N5O/c1-19-18(24)16-14-23(17-13-20-8-9-21-17)12-11-22(16)10-7-15-5-3-2-4-6-15/h2-6,8-9,13,16H,7,10-12,14H2,1H3,(H,19,24). The maximum Gasteiger partial charge on any atom is 0.238 e. The first-order valence-corrected chi connectivity index (χ1v) is 8.28. The van der Waals surface area contributed by atoms with Crippen molar-refractivity contribution in [2.75, 3.05) is 38.1 Å². The summed E-state index contributed by atoms with van der Waals surface area (Å²) in [5.74, 6) is 0.880. The first-order chi connectivity index (χ1) is 11.8. The van der Waals surface area contributed by atoms with E-state index in [9.17, 15) is 4.79 Å². The van der Waals surface area contributed by atoms with Gasteiger partial charge in [-0.3, -0.25) is 14.7 Å². The SMILES string of the molecule is CNC(=O)C1CN(c2cnccn2)CCN1CCc1ccccc1. The summed E-state index contributed by atoms with van der Waals surface area (Å²) in [6.07, 6.45) is 6.04. The third-order valence-corrected chi connectivity index (χ3v) is 4.44. The van der Waals surface area contributed by atoms with Gasteiger partial charge < -0.3 is 10.2 Å². The van der Waals surface area contributed by atoms with Crippen LogP contribution >= 0.6 is 0 Å². The minimum Gasteiger partial charge on any atom is -0.358 e. The number of amides is 1. The normalized spacial score (nSPS) is 18.4. The molecule has 1 aromatic carbocycles. The molecule has 1 fully saturated rings. The molecule has 1 atom stereocenters. The van der Waals surface area contributed by atoms with E-state index in [1.165, 1.54) is 5.56 Å². The number of hydrogen-bond acceptors (Lipinski definition) is 5. The van der Waals surface area contributed by atoms with Crippen molar-refractivity contribution in [3.05, 3.63) is 54.5 Å². The molecule has 0 bridgehead atoms. The Morgan fingerprint density at radius 3 is 2.79 bits per heavy atom. The van der Waals surface area contributed by atoms with E-state index < -0.39 is 0 Å². The second-order valence-electron chi connectivity index (χ2n) is 5.91. The molecule has 1 unspecified atom stereocenters. The second-order valence-corrected chi connectivity index (χ2v) is 5.91. The highest BCUT2D eigenvalue weighted by atomic mass is 16.2. The fourth-order valence-corrected chi connectivity index (χ4v) is 3.08. The predicted octanol–water partition coefficient (Wildman–Crippen LogP) is 0.956. The third kappa shape index (κ3) is 3.89. The number of aromatic nitrogens is 2. The van der Waals surface area contributed by atoms with Crippen LogP contribution in [0.15, 0.2) is 48.9 Å². The maximum atomic E-state index is 12.3. The van der Waals surface area contributed by atoms with E-state index >= 15 is 0 Å². The van der Waals surface area contributed by atoms with Crippen LogP contribution < -0.4 is 10.2 Å². The highest BCUT2D eigenvalue weighted by molar-refractivity contribution is 5.82. The van der Waals surface area contributed by atoms with Crippen molar-refractivity contribution in [3.63, 3.8) is 0 Å². The lowest BCUT2D eigenvalue weighted by Crippen LogP contribution is -2.59. The van der Waals surface area contributed by atoms with Gasteiger partial charge in [0.2, 0.25) is 5.91 Å². The highest BCUT2D eigenvalue weighted by Crippen LogP contribution is 2.17. The van der Waals surface area contributed by atoms with Crippen LogP contribution in [0.2, 0.25) is 0 Å². The van der Waals surface area contributed by atoms with E-state index in [0.29, 0.717) is 6.54 Å². The van der Waals surface area contributed by atoms with Crippen LogP contribution in [0.1, 0.15) is 5.56 Å². The molecule has 24 heavy (non-hydrogen) atoms. The van der Waals surface area contributed by atoms with Crippen LogP contribution in [0, 0.1) is 0 Å². The summed E-state index contributed by atoms with van der Waals surface area (Å²) in [4.78, 5) is 25.2. The number of nitrogens with zero attached hydrogens (tertiary/aromatic N) is 4. The molecule has 1 saturated heterocycles. The van der Waals surface area contributed by atoms with E-state index in [4.69, 9.17) is 0 Å². The van der Waals surface area contributed by atoms with Gasteiger partial charge in [-0.25, -0.2) is 4.98 Å². The number of likely N-dealkylation sites (N-methyl/N-ethyl adjacent to an activating group) is 1. The molecule has 0 aliphatic carbocycles. The Labute approximate surface area is 142 Å². The smallest absolute Gasteiger partial charge is 0.238 e. The van der Waals surface area contributed by atoms with Crippen molar-refractivity contribution in [3.8, 4) is 0 Å². The summed E-state index contributed by atoms with van der Waals surface area (Å²) in [5.41, 5.74) is 1.30. The molecule has 0 saturated carbocycles. The Morgan fingerprint density at radius 1 is 1.25 bits per heavy atom. The van der Waals surface area contributed by atoms with E-state index in [0.717, 1.165) is 31.9 Å². The summed E-state index contributed by atoms with van der Waals surface area (Å²) in [6.45, 7) is 3.19. The van der Waals surface area contributed by atoms with Crippen molar-refractivity contribution in [1.29, 1.82) is 0 Å². The molecular weight excluding hydrogens is 302 g/mol. The van der Waals surface area contributed by atoms with Gasteiger partial charge in [0.15, 0.2) is 0 Å². The lowest BCUT2D eigenvalue weighted by Gasteiger charge is -2.40. The van der Waals surface area contributed by atoms with E-state index in [1.54, 1.807) is 25.6 Å². The Hall–Kier alpha value is -2.47. The molecular formula is C18H23N5O. The van der Waals surface area contributed by atoms with Crippen molar-refractivity contribution in [2.45, 2.75) is 12.5 Å². The molecule has 1 amide bonds. The van der Waals surface area contributed by atoms with Gasteiger partial charge in [-0.1, -0.05) is 30.3 Å². The van der Waals surface area contributed by atoms with E-state index in [2.05, 4.69) is 49.4 Å². The molecule has 2 heterocycles. The summed E-state index contributed by atoms with van der Waals surface area (Å²) in [5, 5.41) is 2.79. The molecule has 6 heteroatoms. The summed E-state index contributed by atoms with van der Waals surface area (Å²) in [7, 11) is 1.69. The summed E-state index contributed by atoms with van der Waals surface area (Å²) in [6, 6.07) is 10.2. The van der Waals surface area contributed by atoms with E-state index in [-0.39, 0.29) is 11.9 Å². The minimum absolute atomic E-state index is 0.0525. The fraction of sp³-hybridized carbons (Fsp3) is 0.389. The van der Waals surface area contributed by atoms with Crippen molar-refractivity contribution < 1.29 is 4.79 Å². The molecule has 1 aromatic heterocycles. The highest BCUT2D eigenvalue weighted by Gasteiger charge is 2.32. The molecule has 2 aromatic rings. The van der Waals surface area contributed by atoms with Gasteiger partial charge in [0.25, 0.3) is 0 Å². The molecule has 1 N–H and O–H groups in total. The molecule has 1 aliphatic heterocycles. The third-order valence-electron chi connectivity index (χ3n) is 4.44. The van der Waals surface area contributed by atoms with Crippen LogP contribution in [0.3, 0.4) is 0 Å². The van der Waals surface area contributed by atoms with E-state index in [1.807, 2.05) is 6.07 Å². The van der Waals surface area contributed by atoms with Gasteiger partial charge in [-0.15, -0.1) is 0 Å². The van der Waals surface area contributed by atoms with Gasteiger partial charge in [-0.2, -0.15) is 0 Å². The predicted molar refractivity (Wildman–Crippen MR) is 93.8 cm³/mol. The van der Waals surface area contributed by atoms with Crippen molar-refractivity contribution in [2.24, 2.45) is 0 Å². The average Bonchev–Trinajstić information content (AvgIpc) is 2.67. The fourth-order valence-electron chi connectivity index (χ4n) is 3.08. The molecule has 6 nitrogen and oxygen atoms in total. The number of anilines is 1. The number of carbonyl (C=O) groups is 1. The number of piperazine rings is 1. The number of benzene rings is 1. The first kappa shape index (κ1) is 16.4. The molecule has 0 radical (unpaired) electrons. The van der Waals surface area contributed by atoms with Gasteiger partial charge >= 0.3 is 0 Å². The zero-order chi connectivity index (χ0) is 16.8. The molecule has 126 valence electrons. The van der Waals surface area contributed by atoms with Gasteiger partial charge in [0, 0.05) is 45.6 Å². The van der Waals surface area contributed by atoms with Crippen LogP contribution in [0.25, 0.3) is 0 Å². The van der Waals surface area contributed by atoms with Gasteiger partial charge in [0.1, 0.15) is 11.9 Å².